The van der Waals surface area contributed by atoms with Gasteiger partial charge in [0.2, 0.25) is 5.95 Å². The lowest BCUT2D eigenvalue weighted by Crippen LogP contribution is -2.18. The van der Waals surface area contributed by atoms with Crippen LogP contribution in [0, 0.1) is 0 Å². The van der Waals surface area contributed by atoms with Gasteiger partial charge in [0.05, 0.1) is 6.04 Å². The Kier molecular flexibility index (Phi) is 3.16. The Balaban J connectivity index is 2.05. The van der Waals surface area contributed by atoms with Crippen molar-refractivity contribution in [2.75, 3.05) is 11.5 Å². The minimum absolute atomic E-state index is 0.454. The van der Waals surface area contributed by atoms with Crippen molar-refractivity contribution >= 4 is 28.9 Å². The van der Waals surface area contributed by atoms with Gasteiger partial charge in [-0.05, 0) is 30.7 Å². The molecule has 3 rings (SSSR count). The molecule has 2 N–H and O–H groups in total. The van der Waals surface area contributed by atoms with Crippen molar-refractivity contribution < 1.29 is 0 Å². The standard InChI is InChI=1S/C13H18N4S/c1-2-18-11-7-3-6-10(11)17-12-9(16-13(17)14)5-4-8-15-12/h4-5,8,10-11H,2-3,6-7H2,1H3,(H2,14,16). The number of nitrogens with two attached hydrogens (primary N) is 1. The third-order valence-corrected chi connectivity index (χ3v) is 4.92. The number of rotatable bonds is 3. The van der Waals surface area contributed by atoms with Crippen LogP contribution in [0.5, 0.6) is 0 Å². The van der Waals surface area contributed by atoms with Crippen molar-refractivity contribution in [1.29, 1.82) is 0 Å². The summed E-state index contributed by atoms with van der Waals surface area (Å²) in [7, 11) is 0. The fraction of sp³-hybridized carbons (Fsp3) is 0.538. The first kappa shape index (κ1) is 11.8. The number of fused-ring (bicyclic) bond motifs is 1. The average Bonchev–Trinajstić information content (AvgIpc) is 2.92. The van der Waals surface area contributed by atoms with Crippen molar-refractivity contribution in [2.24, 2.45) is 0 Å². The lowest BCUT2D eigenvalue weighted by Gasteiger charge is -2.21. The van der Waals surface area contributed by atoms with Crippen molar-refractivity contribution in [3.8, 4) is 0 Å². The monoisotopic (exact) mass is 262 g/mol. The zero-order valence-electron chi connectivity index (χ0n) is 10.5. The summed E-state index contributed by atoms with van der Waals surface area (Å²) in [6.07, 6.45) is 5.55. The van der Waals surface area contributed by atoms with Gasteiger partial charge in [-0.25, -0.2) is 9.97 Å². The molecule has 2 aromatic heterocycles. The number of anilines is 1. The Morgan fingerprint density at radius 1 is 1.50 bits per heavy atom. The number of aromatic nitrogens is 3. The molecule has 18 heavy (non-hydrogen) atoms. The number of imidazole rings is 1. The molecule has 2 heterocycles. The second kappa shape index (κ2) is 4.80. The van der Waals surface area contributed by atoms with Gasteiger partial charge in [-0.15, -0.1) is 0 Å². The summed E-state index contributed by atoms with van der Waals surface area (Å²) in [6.45, 7) is 2.22. The zero-order valence-corrected chi connectivity index (χ0v) is 11.4. The van der Waals surface area contributed by atoms with Crippen LogP contribution in [0.1, 0.15) is 32.2 Å². The SMILES string of the molecule is CCSC1CCCC1n1c(N)nc2cccnc21. The molecule has 96 valence electrons. The number of nitrogen functional groups attached to an aromatic ring is 1. The largest absolute Gasteiger partial charge is 0.369 e. The minimum Gasteiger partial charge on any atom is -0.369 e. The third-order valence-electron chi connectivity index (χ3n) is 3.61. The topological polar surface area (TPSA) is 56.7 Å². The molecule has 1 fully saturated rings. The fourth-order valence-corrected chi connectivity index (χ4v) is 4.13. The van der Waals surface area contributed by atoms with Crippen molar-refractivity contribution in [3.63, 3.8) is 0 Å². The molecule has 0 aliphatic heterocycles. The molecule has 2 atom stereocenters. The van der Waals surface area contributed by atoms with Crippen LogP contribution in [-0.4, -0.2) is 25.5 Å². The Hall–Kier alpha value is -1.23. The molecule has 0 spiro atoms. The molecule has 4 nitrogen and oxygen atoms in total. The summed E-state index contributed by atoms with van der Waals surface area (Å²) < 4.78 is 2.15. The van der Waals surface area contributed by atoms with E-state index in [0.29, 0.717) is 17.2 Å². The van der Waals surface area contributed by atoms with Crippen LogP contribution in [0.2, 0.25) is 0 Å². The van der Waals surface area contributed by atoms with E-state index in [9.17, 15) is 0 Å². The quantitative estimate of drug-likeness (QED) is 0.924. The Bertz CT molecular complexity index is 551. The number of hydrogen-bond acceptors (Lipinski definition) is 4. The molecule has 0 radical (unpaired) electrons. The summed E-state index contributed by atoms with van der Waals surface area (Å²) in [5.41, 5.74) is 7.93. The first-order valence-electron chi connectivity index (χ1n) is 6.51. The van der Waals surface area contributed by atoms with Gasteiger partial charge in [-0.1, -0.05) is 13.3 Å². The lowest BCUT2D eigenvalue weighted by atomic mass is 10.2. The minimum atomic E-state index is 0.454. The number of hydrogen-bond donors (Lipinski definition) is 1. The predicted molar refractivity (Wildman–Crippen MR) is 76.7 cm³/mol. The van der Waals surface area contributed by atoms with E-state index in [0.717, 1.165) is 16.9 Å². The summed E-state index contributed by atoms with van der Waals surface area (Å²) in [5, 5.41) is 0.650. The fourth-order valence-electron chi connectivity index (χ4n) is 2.88. The first-order chi connectivity index (χ1) is 8.81. The van der Waals surface area contributed by atoms with E-state index in [4.69, 9.17) is 5.73 Å². The van der Waals surface area contributed by atoms with Gasteiger partial charge in [0.25, 0.3) is 0 Å². The molecule has 2 unspecified atom stereocenters. The molecule has 0 amide bonds. The second-order valence-corrected chi connectivity index (χ2v) is 6.19. The maximum Gasteiger partial charge on any atom is 0.202 e. The molecule has 1 aliphatic carbocycles. The molecule has 0 saturated heterocycles. The van der Waals surface area contributed by atoms with Crippen LogP contribution in [0.25, 0.3) is 11.2 Å². The van der Waals surface area contributed by atoms with Crippen molar-refractivity contribution in [3.05, 3.63) is 18.3 Å². The third kappa shape index (κ3) is 1.86. The zero-order chi connectivity index (χ0) is 12.5. The molecule has 5 heteroatoms. The van der Waals surface area contributed by atoms with Gasteiger partial charge in [0.1, 0.15) is 5.52 Å². The van der Waals surface area contributed by atoms with E-state index in [1.807, 2.05) is 30.1 Å². The van der Waals surface area contributed by atoms with Gasteiger partial charge in [-0.2, -0.15) is 11.8 Å². The van der Waals surface area contributed by atoms with Gasteiger partial charge >= 0.3 is 0 Å². The maximum absolute atomic E-state index is 6.09. The number of pyridine rings is 1. The highest BCUT2D eigenvalue weighted by Gasteiger charge is 2.31. The predicted octanol–water partition coefficient (Wildman–Crippen LogP) is 2.86. The highest BCUT2D eigenvalue weighted by molar-refractivity contribution is 7.99. The van der Waals surface area contributed by atoms with E-state index in [1.165, 1.54) is 19.3 Å². The van der Waals surface area contributed by atoms with Gasteiger partial charge < -0.3 is 5.73 Å². The molecule has 0 aromatic carbocycles. The normalized spacial score (nSPS) is 23.8. The smallest absolute Gasteiger partial charge is 0.202 e. The number of thioether (sulfide) groups is 1. The van der Waals surface area contributed by atoms with Crippen LogP contribution < -0.4 is 5.73 Å². The van der Waals surface area contributed by atoms with Crippen LogP contribution in [0.4, 0.5) is 5.95 Å². The maximum atomic E-state index is 6.09. The summed E-state index contributed by atoms with van der Waals surface area (Å²) >= 11 is 2.03. The molecular formula is C13H18N4S. The van der Waals surface area contributed by atoms with E-state index in [2.05, 4.69) is 21.5 Å². The summed E-state index contributed by atoms with van der Waals surface area (Å²) in [5.74, 6) is 1.76. The van der Waals surface area contributed by atoms with Gasteiger partial charge in [-0.3, -0.25) is 4.57 Å². The highest BCUT2D eigenvalue weighted by atomic mass is 32.2. The second-order valence-electron chi connectivity index (χ2n) is 4.68. The van der Waals surface area contributed by atoms with E-state index >= 15 is 0 Å². The van der Waals surface area contributed by atoms with Crippen molar-refractivity contribution in [1.82, 2.24) is 14.5 Å². The summed E-state index contributed by atoms with van der Waals surface area (Å²) in [4.78, 5) is 8.87. The molecule has 0 bridgehead atoms. The van der Waals surface area contributed by atoms with Crippen molar-refractivity contribution in [2.45, 2.75) is 37.5 Å². The van der Waals surface area contributed by atoms with Crippen LogP contribution in [-0.2, 0) is 0 Å². The highest BCUT2D eigenvalue weighted by Crippen LogP contribution is 2.40. The first-order valence-corrected chi connectivity index (χ1v) is 7.56. The lowest BCUT2D eigenvalue weighted by molar-refractivity contribution is 0.546. The Labute approximate surface area is 111 Å². The summed E-state index contributed by atoms with van der Waals surface area (Å²) in [6, 6.07) is 4.34. The molecule has 1 saturated carbocycles. The number of nitrogens with zero attached hydrogens (tertiary/aromatic N) is 3. The molecule has 2 aromatic rings. The molecular weight excluding hydrogens is 244 g/mol. The van der Waals surface area contributed by atoms with Gasteiger partial charge in [0.15, 0.2) is 5.65 Å². The average molecular weight is 262 g/mol. The Morgan fingerprint density at radius 2 is 2.39 bits per heavy atom. The van der Waals surface area contributed by atoms with Crippen LogP contribution >= 0.6 is 11.8 Å². The Morgan fingerprint density at radius 3 is 3.22 bits per heavy atom. The van der Waals surface area contributed by atoms with Crippen LogP contribution in [0.3, 0.4) is 0 Å². The van der Waals surface area contributed by atoms with Crippen LogP contribution in [0.15, 0.2) is 18.3 Å². The van der Waals surface area contributed by atoms with E-state index in [-0.39, 0.29) is 0 Å². The van der Waals surface area contributed by atoms with E-state index in [1.54, 1.807) is 0 Å². The molecule has 1 aliphatic rings. The van der Waals surface area contributed by atoms with E-state index < -0.39 is 0 Å². The van der Waals surface area contributed by atoms with Gasteiger partial charge in [0, 0.05) is 11.4 Å².